The van der Waals surface area contributed by atoms with Gasteiger partial charge in [-0.1, -0.05) is 28.1 Å². The average molecular weight is 273 g/mol. The monoisotopic (exact) mass is 272 g/mol. The molecular formula is C11H13BrO3. The molecule has 2 atom stereocenters. The second kappa shape index (κ2) is 5.07. The summed E-state index contributed by atoms with van der Waals surface area (Å²) < 4.78 is 11.7. The SMILES string of the molecule is O[C@@H]1COC[C@H]1OCc1ccc(Br)cc1. The molecular weight excluding hydrogens is 260 g/mol. The van der Waals surface area contributed by atoms with Gasteiger partial charge < -0.3 is 14.6 Å². The van der Waals surface area contributed by atoms with Crippen LogP contribution < -0.4 is 0 Å². The fourth-order valence-electron chi connectivity index (χ4n) is 1.47. The topological polar surface area (TPSA) is 38.7 Å². The van der Waals surface area contributed by atoms with Crippen molar-refractivity contribution in [3.63, 3.8) is 0 Å². The molecule has 1 aromatic rings. The number of rotatable bonds is 3. The Morgan fingerprint density at radius 1 is 1.33 bits per heavy atom. The van der Waals surface area contributed by atoms with Crippen LogP contribution in [-0.4, -0.2) is 30.5 Å². The predicted molar refractivity (Wildman–Crippen MR) is 59.5 cm³/mol. The van der Waals surface area contributed by atoms with Crippen molar-refractivity contribution in [1.29, 1.82) is 0 Å². The van der Waals surface area contributed by atoms with Gasteiger partial charge in [0.2, 0.25) is 0 Å². The molecule has 3 nitrogen and oxygen atoms in total. The maximum Gasteiger partial charge on any atom is 0.109 e. The van der Waals surface area contributed by atoms with Gasteiger partial charge in [0, 0.05) is 4.47 Å². The Morgan fingerprint density at radius 2 is 2.07 bits per heavy atom. The summed E-state index contributed by atoms with van der Waals surface area (Å²) in [5.41, 5.74) is 1.09. The van der Waals surface area contributed by atoms with Crippen LogP contribution in [0.25, 0.3) is 0 Å². The van der Waals surface area contributed by atoms with Gasteiger partial charge in [0.15, 0.2) is 0 Å². The van der Waals surface area contributed by atoms with E-state index in [-0.39, 0.29) is 6.10 Å². The first-order valence-electron chi connectivity index (χ1n) is 4.87. The van der Waals surface area contributed by atoms with E-state index in [1.807, 2.05) is 24.3 Å². The van der Waals surface area contributed by atoms with Crippen molar-refractivity contribution in [2.75, 3.05) is 13.2 Å². The molecule has 0 aliphatic carbocycles. The first-order valence-corrected chi connectivity index (χ1v) is 5.67. The Bertz CT molecular complexity index is 312. The molecule has 1 fully saturated rings. The molecule has 1 aromatic carbocycles. The van der Waals surface area contributed by atoms with E-state index in [1.54, 1.807) is 0 Å². The molecule has 1 heterocycles. The van der Waals surface area contributed by atoms with Crippen LogP contribution in [0.1, 0.15) is 5.56 Å². The number of hydrogen-bond acceptors (Lipinski definition) is 3. The highest BCUT2D eigenvalue weighted by Crippen LogP contribution is 2.14. The van der Waals surface area contributed by atoms with Crippen LogP contribution in [0.15, 0.2) is 28.7 Å². The molecule has 0 spiro atoms. The molecule has 1 saturated heterocycles. The fourth-order valence-corrected chi connectivity index (χ4v) is 1.73. The van der Waals surface area contributed by atoms with E-state index in [9.17, 15) is 5.11 Å². The van der Waals surface area contributed by atoms with E-state index in [1.165, 1.54) is 0 Å². The van der Waals surface area contributed by atoms with Gasteiger partial charge in [0.05, 0.1) is 19.8 Å². The molecule has 4 heteroatoms. The van der Waals surface area contributed by atoms with Crippen molar-refractivity contribution >= 4 is 15.9 Å². The smallest absolute Gasteiger partial charge is 0.109 e. The summed E-state index contributed by atoms with van der Waals surface area (Å²) in [7, 11) is 0. The van der Waals surface area contributed by atoms with Crippen LogP contribution >= 0.6 is 15.9 Å². The van der Waals surface area contributed by atoms with Gasteiger partial charge in [-0.3, -0.25) is 0 Å². The lowest BCUT2D eigenvalue weighted by molar-refractivity contribution is -0.0188. The Kier molecular flexibility index (Phi) is 3.75. The number of aliphatic hydroxyl groups is 1. The van der Waals surface area contributed by atoms with E-state index in [4.69, 9.17) is 9.47 Å². The molecule has 1 aliphatic heterocycles. The third-order valence-corrected chi connectivity index (χ3v) is 2.91. The summed E-state index contributed by atoms with van der Waals surface area (Å²) in [4.78, 5) is 0. The molecule has 1 N–H and O–H groups in total. The Morgan fingerprint density at radius 3 is 2.67 bits per heavy atom. The van der Waals surface area contributed by atoms with E-state index in [0.717, 1.165) is 10.0 Å². The molecule has 2 rings (SSSR count). The number of aliphatic hydroxyl groups excluding tert-OH is 1. The van der Waals surface area contributed by atoms with Gasteiger partial charge >= 0.3 is 0 Å². The van der Waals surface area contributed by atoms with Gasteiger partial charge in [-0.05, 0) is 17.7 Å². The van der Waals surface area contributed by atoms with Crippen LogP contribution in [-0.2, 0) is 16.1 Å². The van der Waals surface area contributed by atoms with Crippen molar-refractivity contribution in [3.8, 4) is 0 Å². The maximum atomic E-state index is 9.45. The standard InChI is InChI=1S/C11H13BrO3/c12-9-3-1-8(2-4-9)5-15-11-7-14-6-10(11)13/h1-4,10-11,13H,5-7H2/t10-,11-/m1/s1. The van der Waals surface area contributed by atoms with Crippen molar-refractivity contribution in [1.82, 2.24) is 0 Å². The number of halogens is 1. The molecule has 15 heavy (non-hydrogen) atoms. The highest BCUT2D eigenvalue weighted by atomic mass is 79.9. The van der Waals surface area contributed by atoms with Gasteiger partial charge in [-0.2, -0.15) is 0 Å². The van der Waals surface area contributed by atoms with Gasteiger partial charge in [0.25, 0.3) is 0 Å². The maximum absolute atomic E-state index is 9.45. The van der Waals surface area contributed by atoms with Crippen molar-refractivity contribution in [2.24, 2.45) is 0 Å². The minimum absolute atomic E-state index is 0.186. The van der Waals surface area contributed by atoms with Crippen molar-refractivity contribution in [2.45, 2.75) is 18.8 Å². The third kappa shape index (κ3) is 3.01. The summed E-state index contributed by atoms with van der Waals surface area (Å²) in [6.45, 7) is 1.38. The second-order valence-electron chi connectivity index (χ2n) is 3.58. The lowest BCUT2D eigenvalue weighted by Crippen LogP contribution is -2.26. The lowest BCUT2D eigenvalue weighted by Gasteiger charge is -2.13. The fraction of sp³-hybridized carbons (Fsp3) is 0.455. The predicted octanol–water partition coefficient (Wildman–Crippen LogP) is 1.73. The van der Waals surface area contributed by atoms with Crippen molar-refractivity contribution < 1.29 is 14.6 Å². The number of ether oxygens (including phenoxy) is 2. The van der Waals surface area contributed by atoms with Crippen LogP contribution in [0, 0.1) is 0 Å². The minimum atomic E-state index is -0.486. The Labute approximate surface area is 97.1 Å². The molecule has 0 aromatic heterocycles. The van der Waals surface area contributed by atoms with E-state index in [0.29, 0.717) is 19.8 Å². The highest BCUT2D eigenvalue weighted by Gasteiger charge is 2.26. The van der Waals surface area contributed by atoms with E-state index in [2.05, 4.69) is 15.9 Å². The van der Waals surface area contributed by atoms with Crippen LogP contribution in [0.3, 0.4) is 0 Å². The quantitative estimate of drug-likeness (QED) is 0.911. The van der Waals surface area contributed by atoms with Crippen LogP contribution in [0.2, 0.25) is 0 Å². The summed E-state index contributed by atoms with van der Waals surface area (Å²) in [6, 6.07) is 7.93. The first kappa shape index (κ1) is 11.1. The average Bonchev–Trinajstić information content (AvgIpc) is 2.63. The second-order valence-corrected chi connectivity index (χ2v) is 4.50. The van der Waals surface area contributed by atoms with Gasteiger partial charge in [-0.25, -0.2) is 0 Å². The zero-order valence-corrected chi connectivity index (χ0v) is 9.81. The number of benzene rings is 1. The zero-order valence-electron chi connectivity index (χ0n) is 8.23. The first-order chi connectivity index (χ1) is 7.25. The summed E-state index contributed by atoms with van der Waals surface area (Å²) >= 11 is 3.37. The summed E-state index contributed by atoms with van der Waals surface area (Å²) in [6.07, 6.45) is -0.672. The third-order valence-electron chi connectivity index (χ3n) is 2.38. The Balaban J connectivity index is 1.85. The summed E-state index contributed by atoms with van der Waals surface area (Å²) in [5, 5.41) is 9.45. The number of hydrogen-bond donors (Lipinski definition) is 1. The van der Waals surface area contributed by atoms with Gasteiger partial charge in [0.1, 0.15) is 12.2 Å². The largest absolute Gasteiger partial charge is 0.388 e. The molecule has 1 aliphatic rings. The normalized spacial score (nSPS) is 25.7. The molecule has 0 bridgehead atoms. The van der Waals surface area contributed by atoms with Crippen LogP contribution in [0.4, 0.5) is 0 Å². The molecule has 82 valence electrons. The van der Waals surface area contributed by atoms with Crippen molar-refractivity contribution in [3.05, 3.63) is 34.3 Å². The van der Waals surface area contributed by atoms with Gasteiger partial charge in [-0.15, -0.1) is 0 Å². The van der Waals surface area contributed by atoms with E-state index >= 15 is 0 Å². The minimum Gasteiger partial charge on any atom is -0.388 e. The molecule has 0 unspecified atom stereocenters. The molecule has 0 radical (unpaired) electrons. The summed E-state index contributed by atoms with van der Waals surface area (Å²) in [5.74, 6) is 0. The molecule has 0 saturated carbocycles. The van der Waals surface area contributed by atoms with E-state index < -0.39 is 6.10 Å². The molecule has 0 amide bonds. The van der Waals surface area contributed by atoms with Crippen LogP contribution in [0.5, 0.6) is 0 Å². The lowest BCUT2D eigenvalue weighted by atomic mass is 10.2. The highest BCUT2D eigenvalue weighted by molar-refractivity contribution is 9.10. The zero-order chi connectivity index (χ0) is 10.7. The Hall–Kier alpha value is -0.420.